The number of non-ortho nitro benzene ring substituents is 1. The molecule has 1 aromatic heterocycles. The number of nitrogens with zero attached hydrogens (tertiary/aromatic N) is 2. The number of alkyl halides is 3. The standard InChI is InChI=1S/C26H31F3N4O5/c1-24(2,3)38-23(34)31-13-7-12-30-17-25(35,26(27,28)29)21-16-32(15-18-8-5-4-6-9-18)22-14-19(33(36)37)10-11-20(21)22/h4-6,8-11,14,16,30,35H,7,12-13,15,17H2,1-3H3,(H,31,34). The third-order valence-corrected chi connectivity index (χ3v) is 5.77. The SMILES string of the molecule is CC(C)(C)OC(=O)NCCCNCC(O)(c1cn(Cc2ccccc2)c2cc([N+](=O)[O-])ccc12)C(F)(F)F. The fourth-order valence-corrected chi connectivity index (χ4v) is 3.97. The largest absolute Gasteiger partial charge is 0.444 e. The summed E-state index contributed by atoms with van der Waals surface area (Å²) >= 11 is 0. The van der Waals surface area contributed by atoms with Crippen molar-refractivity contribution >= 4 is 22.7 Å². The van der Waals surface area contributed by atoms with Gasteiger partial charge >= 0.3 is 12.3 Å². The van der Waals surface area contributed by atoms with E-state index in [2.05, 4.69) is 10.6 Å². The molecule has 12 heteroatoms. The Morgan fingerprint density at radius 3 is 2.39 bits per heavy atom. The molecular formula is C26H31F3N4O5. The van der Waals surface area contributed by atoms with Crippen LogP contribution in [0, 0.1) is 10.1 Å². The van der Waals surface area contributed by atoms with Crippen molar-refractivity contribution in [1.29, 1.82) is 0 Å². The van der Waals surface area contributed by atoms with Crippen LogP contribution in [0.25, 0.3) is 10.9 Å². The molecule has 1 heterocycles. The van der Waals surface area contributed by atoms with Crippen molar-refractivity contribution in [3.63, 3.8) is 0 Å². The molecule has 38 heavy (non-hydrogen) atoms. The van der Waals surface area contributed by atoms with Gasteiger partial charge in [0, 0.05) is 48.9 Å². The van der Waals surface area contributed by atoms with Crippen molar-refractivity contribution in [2.24, 2.45) is 0 Å². The Morgan fingerprint density at radius 1 is 1.11 bits per heavy atom. The minimum atomic E-state index is -5.05. The fourth-order valence-electron chi connectivity index (χ4n) is 3.97. The number of amides is 1. The Balaban J connectivity index is 1.83. The van der Waals surface area contributed by atoms with Crippen molar-refractivity contribution in [2.75, 3.05) is 19.6 Å². The number of nitro groups is 1. The lowest BCUT2D eigenvalue weighted by atomic mass is 9.92. The molecule has 1 atom stereocenters. The lowest BCUT2D eigenvalue weighted by Gasteiger charge is -2.31. The van der Waals surface area contributed by atoms with Gasteiger partial charge in [-0.15, -0.1) is 0 Å². The number of hydrogen-bond donors (Lipinski definition) is 3. The molecule has 0 bridgehead atoms. The summed E-state index contributed by atoms with van der Waals surface area (Å²) in [5, 5.41) is 27.6. The van der Waals surface area contributed by atoms with Crippen LogP contribution in [-0.2, 0) is 16.9 Å². The highest BCUT2D eigenvalue weighted by Gasteiger charge is 2.56. The van der Waals surface area contributed by atoms with Crippen LogP contribution >= 0.6 is 0 Å². The summed E-state index contributed by atoms with van der Waals surface area (Å²) in [4.78, 5) is 22.4. The maximum absolute atomic E-state index is 14.3. The first kappa shape index (κ1) is 28.9. The molecule has 0 aliphatic rings. The van der Waals surface area contributed by atoms with Gasteiger partial charge in [0.05, 0.1) is 10.4 Å². The number of nitrogens with one attached hydrogen (secondary N) is 2. The minimum absolute atomic E-state index is 0.0553. The maximum atomic E-state index is 14.3. The van der Waals surface area contributed by atoms with E-state index < -0.39 is 40.5 Å². The van der Waals surface area contributed by atoms with Crippen LogP contribution in [0.4, 0.5) is 23.7 Å². The number of alkyl carbamates (subject to hydrolysis) is 1. The van der Waals surface area contributed by atoms with Gasteiger partial charge in [-0.2, -0.15) is 13.2 Å². The Hall–Kier alpha value is -3.64. The molecule has 0 aliphatic carbocycles. The first-order chi connectivity index (χ1) is 17.7. The highest BCUT2D eigenvalue weighted by molar-refractivity contribution is 5.87. The topological polar surface area (TPSA) is 119 Å². The number of nitro benzene ring substituents is 1. The van der Waals surface area contributed by atoms with Gasteiger partial charge in [-0.1, -0.05) is 30.3 Å². The first-order valence-corrected chi connectivity index (χ1v) is 12.0. The highest BCUT2D eigenvalue weighted by atomic mass is 19.4. The second kappa shape index (κ2) is 11.4. The summed E-state index contributed by atoms with van der Waals surface area (Å²) in [5.41, 5.74) is -3.67. The van der Waals surface area contributed by atoms with Gasteiger partial charge in [-0.05, 0) is 45.4 Å². The van der Waals surface area contributed by atoms with E-state index in [9.17, 15) is 33.2 Å². The number of hydrogen-bond acceptors (Lipinski definition) is 6. The fraction of sp³-hybridized carbons (Fsp3) is 0.423. The lowest BCUT2D eigenvalue weighted by Crippen LogP contribution is -2.50. The van der Waals surface area contributed by atoms with Gasteiger partial charge in [0.2, 0.25) is 0 Å². The van der Waals surface area contributed by atoms with Crippen molar-refractivity contribution in [1.82, 2.24) is 15.2 Å². The summed E-state index contributed by atoms with van der Waals surface area (Å²) in [6.45, 7) is 4.65. The Morgan fingerprint density at radius 2 is 1.79 bits per heavy atom. The van der Waals surface area contributed by atoms with E-state index in [1.807, 2.05) is 0 Å². The van der Waals surface area contributed by atoms with Crippen LogP contribution in [0.15, 0.2) is 54.7 Å². The van der Waals surface area contributed by atoms with Crippen LogP contribution in [0.1, 0.15) is 38.3 Å². The van der Waals surface area contributed by atoms with Crippen molar-refractivity contribution in [2.45, 2.75) is 51.1 Å². The van der Waals surface area contributed by atoms with Gasteiger partial charge in [0.25, 0.3) is 5.69 Å². The molecular weight excluding hydrogens is 505 g/mol. The number of halogens is 3. The minimum Gasteiger partial charge on any atom is -0.444 e. The first-order valence-electron chi connectivity index (χ1n) is 12.0. The molecule has 0 saturated carbocycles. The van der Waals surface area contributed by atoms with Gasteiger partial charge in [0.1, 0.15) is 5.60 Å². The number of ether oxygens (including phenoxy) is 1. The van der Waals surface area contributed by atoms with E-state index in [4.69, 9.17) is 4.74 Å². The summed E-state index contributed by atoms with van der Waals surface area (Å²) < 4.78 is 49.5. The molecule has 0 aliphatic heterocycles. The molecule has 1 unspecified atom stereocenters. The number of carbonyl (C=O) groups excluding carboxylic acids is 1. The molecule has 0 spiro atoms. The molecule has 1 amide bonds. The second-order valence-corrected chi connectivity index (χ2v) is 9.93. The Labute approximate surface area is 217 Å². The zero-order chi connectivity index (χ0) is 28.1. The predicted molar refractivity (Wildman–Crippen MR) is 136 cm³/mol. The van der Waals surface area contributed by atoms with E-state index >= 15 is 0 Å². The summed E-state index contributed by atoms with van der Waals surface area (Å²) in [6, 6.07) is 12.5. The van der Waals surface area contributed by atoms with Crippen LogP contribution in [0.2, 0.25) is 0 Å². The molecule has 206 valence electrons. The predicted octanol–water partition coefficient (Wildman–Crippen LogP) is 4.85. The Kier molecular flexibility index (Phi) is 8.68. The van der Waals surface area contributed by atoms with Gasteiger partial charge in [-0.25, -0.2) is 4.79 Å². The summed E-state index contributed by atoms with van der Waals surface area (Å²) in [6.07, 6.45) is -4.21. The van der Waals surface area contributed by atoms with Gasteiger partial charge in [-0.3, -0.25) is 10.1 Å². The third-order valence-electron chi connectivity index (χ3n) is 5.77. The van der Waals surface area contributed by atoms with E-state index in [1.54, 1.807) is 51.1 Å². The zero-order valence-corrected chi connectivity index (χ0v) is 21.3. The average Bonchev–Trinajstić information content (AvgIpc) is 3.18. The van der Waals surface area contributed by atoms with E-state index in [0.29, 0.717) is 0 Å². The van der Waals surface area contributed by atoms with Crippen LogP contribution in [0.5, 0.6) is 0 Å². The van der Waals surface area contributed by atoms with E-state index in [1.165, 1.54) is 22.9 Å². The number of rotatable bonds is 10. The maximum Gasteiger partial charge on any atom is 0.422 e. The third kappa shape index (κ3) is 7.01. The van der Waals surface area contributed by atoms with Gasteiger partial charge in [0.15, 0.2) is 5.60 Å². The molecule has 2 aromatic carbocycles. The second-order valence-electron chi connectivity index (χ2n) is 9.93. The molecule has 3 aromatic rings. The number of carbonyl (C=O) groups is 1. The zero-order valence-electron chi connectivity index (χ0n) is 21.3. The lowest BCUT2D eigenvalue weighted by molar-refractivity contribution is -0.384. The normalized spacial score (nSPS) is 13.8. The van der Waals surface area contributed by atoms with Crippen LogP contribution in [0.3, 0.4) is 0 Å². The Bertz CT molecular complexity index is 1270. The summed E-state index contributed by atoms with van der Waals surface area (Å²) in [7, 11) is 0. The molecule has 0 radical (unpaired) electrons. The number of benzene rings is 2. The van der Waals surface area contributed by atoms with Gasteiger partial charge < -0.3 is 25.0 Å². The van der Waals surface area contributed by atoms with Crippen molar-refractivity contribution in [3.8, 4) is 0 Å². The number of fused-ring (bicyclic) bond motifs is 1. The monoisotopic (exact) mass is 536 g/mol. The molecule has 0 saturated heterocycles. The molecule has 9 nitrogen and oxygen atoms in total. The molecule has 0 fully saturated rings. The quantitative estimate of drug-likeness (QED) is 0.194. The van der Waals surface area contributed by atoms with Crippen LogP contribution in [-0.4, -0.2) is 52.1 Å². The summed E-state index contributed by atoms with van der Waals surface area (Å²) in [5.74, 6) is 0. The highest BCUT2D eigenvalue weighted by Crippen LogP contribution is 2.43. The number of aromatic nitrogens is 1. The van der Waals surface area contributed by atoms with Crippen LogP contribution < -0.4 is 10.6 Å². The molecule has 3 rings (SSSR count). The van der Waals surface area contributed by atoms with Crippen molar-refractivity contribution < 1.29 is 32.7 Å². The number of aliphatic hydroxyl groups is 1. The van der Waals surface area contributed by atoms with E-state index in [0.717, 1.165) is 11.6 Å². The smallest absolute Gasteiger partial charge is 0.422 e. The molecule has 3 N–H and O–H groups in total. The van der Waals surface area contributed by atoms with Crippen molar-refractivity contribution in [3.05, 3.63) is 76.0 Å². The van der Waals surface area contributed by atoms with E-state index in [-0.39, 0.29) is 42.6 Å². The average molecular weight is 537 g/mol.